The van der Waals surface area contributed by atoms with Crippen molar-refractivity contribution in [1.82, 2.24) is 4.72 Å². The second-order valence-electron chi connectivity index (χ2n) is 4.11. The fraction of sp³-hybridized carbons (Fsp3) is 0.250. The van der Waals surface area contributed by atoms with E-state index in [1.165, 1.54) is 6.07 Å². The first-order valence-electron chi connectivity index (χ1n) is 5.76. The molecule has 2 rings (SSSR count). The van der Waals surface area contributed by atoms with Gasteiger partial charge in [0.15, 0.2) is 0 Å². The normalized spacial score (nSPS) is 11.7. The lowest BCUT2D eigenvalue weighted by molar-refractivity contribution is 0.0701. The molecule has 0 aliphatic rings. The quantitative estimate of drug-likeness (QED) is 0.851. The van der Waals surface area contributed by atoms with Crippen LogP contribution in [0.15, 0.2) is 27.8 Å². The fourth-order valence-corrected chi connectivity index (χ4v) is 4.80. The first kappa shape index (κ1) is 15.2. The molecule has 8 heteroatoms. The highest BCUT2D eigenvalue weighted by atomic mass is 32.2. The van der Waals surface area contributed by atoms with Crippen LogP contribution in [0, 0.1) is 6.92 Å². The molecule has 0 aliphatic heterocycles. The molecular weight excluding hydrogens is 318 g/mol. The molecule has 0 bridgehead atoms. The smallest absolute Gasteiger partial charge is 0.346 e. The lowest BCUT2D eigenvalue weighted by atomic mass is 10.3. The Hall–Kier alpha value is -1.22. The predicted octanol–water partition coefficient (Wildman–Crippen LogP) is 2.34. The van der Waals surface area contributed by atoms with Gasteiger partial charge in [-0.1, -0.05) is 6.07 Å². The topological polar surface area (TPSA) is 83.5 Å². The number of rotatable bonds is 6. The monoisotopic (exact) mass is 331 g/mol. The van der Waals surface area contributed by atoms with Gasteiger partial charge in [-0.15, -0.1) is 22.7 Å². The van der Waals surface area contributed by atoms with E-state index in [1.54, 1.807) is 18.3 Å². The van der Waals surface area contributed by atoms with Crippen molar-refractivity contribution < 1.29 is 18.3 Å². The van der Waals surface area contributed by atoms with Gasteiger partial charge in [0.2, 0.25) is 10.0 Å². The van der Waals surface area contributed by atoms with Crippen molar-refractivity contribution in [3.05, 3.63) is 38.9 Å². The summed E-state index contributed by atoms with van der Waals surface area (Å²) in [6, 6.07) is 5.24. The van der Waals surface area contributed by atoms with E-state index in [4.69, 9.17) is 5.11 Å². The highest BCUT2D eigenvalue weighted by Gasteiger charge is 2.21. The molecule has 0 amide bonds. The van der Waals surface area contributed by atoms with Gasteiger partial charge in [-0.25, -0.2) is 17.9 Å². The zero-order chi connectivity index (χ0) is 14.8. The van der Waals surface area contributed by atoms with Crippen LogP contribution >= 0.6 is 22.7 Å². The van der Waals surface area contributed by atoms with Crippen molar-refractivity contribution in [1.29, 1.82) is 0 Å². The molecule has 2 N–H and O–H groups in total. The fourth-order valence-electron chi connectivity index (χ4n) is 1.63. The Labute approximate surface area is 124 Å². The van der Waals surface area contributed by atoms with Crippen molar-refractivity contribution >= 4 is 38.7 Å². The summed E-state index contributed by atoms with van der Waals surface area (Å²) >= 11 is 2.34. The van der Waals surface area contributed by atoms with Gasteiger partial charge in [0.25, 0.3) is 0 Å². The molecule has 108 valence electrons. The molecule has 2 aromatic heterocycles. The van der Waals surface area contributed by atoms with Crippen LogP contribution in [0.1, 0.15) is 20.1 Å². The predicted molar refractivity (Wildman–Crippen MR) is 79.2 cm³/mol. The van der Waals surface area contributed by atoms with Gasteiger partial charge in [-0.05, 0) is 36.4 Å². The molecule has 2 heterocycles. The zero-order valence-electron chi connectivity index (χ0n) is 10.6. The van der Waals surface area contributed by atoms with Crippen LogP contribution in [0.25, 0.3) is 0 Å². The Kier molecular flexibility index (Phi) is 4.59. The van der Waals surface area contributed by atoms with Gasteiger partial charge >= 0.3 is 5.97 Å². The van der Waals surface area contributed by atoms with E-state index in [1.807, 2.05) is 17.5 Å². The largest absolute Gasteiger partial charge is 0.477 e. The third-order valence-corrected chi connectivity index (χ3v) is 6.69. The van der Waals surface area contributed by atoms with Gasteiger partial charge in [0.1, 0.15) is 9.09 Å². The highest BCUT2D eigenvalue weighted by Crippen LogP contribution is 2.25. The van der Waals surface area contributed by atoms with Gasteiger partial charge in [-0.3, -0.25) is 0 Å². The van der Waals surface area contributed by atoms with Crippen LogP contribution in [-0.2, 0) is 16.4 Å². The maximum Gasteiger partial charge on any atom is 0.346 e. The molecule has 0 radical (unpaired) electrons. The standard InChI is InChI=1S/C12H13NO4S3/c1-8-7-10(19-11(8)12(14)15)20(16,17)13-5-4-9-3-2-6-18-9/h2-3,6-7,13H,4-5H2,1H3,(H,14,15). The van der Waals surface area contributed by atoms with Crippen molar-refractivity contribution in [2.24, 2.45) is 0 Å². The van der Waals surface area contributed by atoms with Gasteiger partial charge in [-0.2, -0.15) is 0 Å². The Balaban J connectivity index is 2.06. The van der Waals surface area contributed by atoms with Gasteiger partial charge in [0.05, 0.1) is 0 Å². The van der Waals surface area contributed by atoms with E-state index >= 15 is 0 Å². The summed E-state index contributed by atoms with van der Waals surface area (Å²) in [7, 11) is -3.64. The second-order valence-corrected chi connectivity index (χ2v) is 8.19. The minimum Gasteiger partial charge on any atom is -0.477 e. The van der Waals surface area contributed by atoms with Crippen molar-refractivity contribution in [2.45, 2.75) is 17.6 Å². The summed E-state index contributed by atoms with van der Waals surface area (Å²) in [5, 5.41) is 10.9. The van der Waals surface area contributed by atoms with Crippen LogP contribution in [-0.4, -0.2) is 26.0 Å². The number of aryl methyl sites for hydroxylation is 1. The number of carboxylic acids is 1. The molecule has 0 saturated heterocycles. The summed E-state index contributed by atoms with van der Waals surface area (Å²) in [5.74, 6) is -1.10. The van der Waals surface area contributed by atoms with E-state index in [0.717, 1.165) is 16.2 Å². The highest BCUT2D eigenvalue weighted by molar-refractivity contribution is 7.91. The molecule has 0 saturated carbocycles. The molecule has 0 unspecified atom stereocenters. The SMILES string of the molecule is Cc1cc(S(=O)(=O)NCCc2cccs2)sc1C(=O)O. The van der Waals surface area contributed by atoms with Crippen LogP contribution in [0.4, 0.5) is 0 Å². The maximum atomic E-state index is 12.1. The number of thiophene rings is 2. The number of hydrogen-bond acceptors (Lipinski definition) is 5. The van der Waals surface area contributed by atoms with E-state index in [0.29, 0.717) is 18.5 Å². The maximum absolute atomic E-state index is 12.1. The molecule has 0 spiro atoms. The van der Waals surface area contributed by atoms with Crippen molar-refractivity contribution in [2.75, 3.05) is 6.54 Å². The number of carboxylic acid groups (broad SMARTS) is 1. The van der Waals surface area contributed by atoms with Crippen LogP contribution < -0.4 is 4.72 Å². The number of sulfonamides is 1. The summed E-state index contributed by atoms with van der Waals surface area (Å²) in [5.41, 5.74) is 0.459. The average molecular weight is 331 g/mol. The van der Waals surface area contributed by atoms with E-state index in [2.05, 4.69) is 4.72 Å². The lowest BCUT2D eigenvalue weighted by Crippen LogP contribution is -2.25. The summed E-state index contributed by atoms with van der Waals surface area (Å²) in [4.78, 5) is 12.1. The third-order valence-electron chi connectivity index (χ3n) is 2.60. The number of nitrogens with one attached hydrogen (secondary N) is 1. The average Bonchev–Trinajstić information content (AvgIpc) is 2.98. The minimum atomic E-state index is -3.64. The van der Waals surface area contributed by atoms with E-state index in [9.17, 15) is 13.2 Å². The van der Waals surface area contributed by atoms with E-state index in [-0.39, 0.29) is 9.09 Å². The van der Waals surface area contributed by atoms with Crippen molar-refractivity contribution in [3.63, 3.8) is 0 Å². The Bertz CT molecular complexity index is 701. The molecule has 0 atom stereocenters. The molecular formula is C12H13NO4S3. The Morgan fingerprint density at radius 2 is 2.20 bits per heavy atom. The summed E-state index contributed by atoms with van der Waals surface area (Å²) < 4.78 is 26.6. The molecule has 0 aromatic carbocycles. The van der Waals surface area contributed by atoms with Crippen LogP contribution in [0.2, 0.25) is 0 Å². The number of carbonyl (C=O) groups is 1. The molecule has 2 aromatic rings. The third kappa shape index (κ3) is 3.45. The molecule has 0 aliphatic carbocycles. The first-order chi connectivity index (χ1) is 9.40. The van der Waals surface area contributed by atoms with Crippen LogP contribution in [0.5, 0.6) is 0 Å². The van der Waals surface area contributed by atoms with Crippen LogP contribution in [0.3, 0.4) is 0 Å². The Morgan fingerprint density at radius 1 is 1.45 bits per heavy atom. The second kappa shape index (κ2) is 6.04. The molecule has 0 fully saturated rings. The Morgan fingerprint density at radius 3 is 2.75 bits per heavy atom. The lowest BCUT2D eigenvalue weighted by Gasteiger charge is -2.03. The zero-order valence-corrected chi connectivity index (χ0v) is 13.1. The van der Waals surface area contributed by atoms with Gasteiger partial charge < -0.3 is 5.11 Å². The van der Waals surface area contributed by atoms with Crippen molar-refractivity contribution in [3.8, 4) is 0 Å². The van der Waals surface area contributed by atoms with Gasteiger partial charge in [0, 0.05) is 11.4 Å². The first-order valence-corrected chi connectivity index (χ1v) is 8.94. The minimum absolute atomic E-state index is 0.0404. The molecule has 5 nitrogen and oxygen atoms in total. The van der Waals surface area contributed by atoms with E-state index < -0.39 is 16.0 Å². The summed E-state index contributed by atoms with van der Waals surface area (Å²) in [6.07, 6.45) is 0.618. The summed E-state index contributed by atoms with van der Waals surface area (Å²) in [6.45, 7) is 1.88. The number of hydrogen-bond donors (Lipinski definition) is 2. The molecule has 20 heavy (non-hydrogen) atoms. The number of aromatic carboxylic acids is 1.